The Morgan fingerprint density at radius 1 is 1.17 bits per heavy atom. The lowest BCUT2D eigenvalue weighted by Gasteiger charge is -2.42. The fourth-order valence-electron chi connectivity index (χ4n) is 7.34. The summed E-state index contributed by atoms with van der Waals surface area (Å²) >= 11 is 1.62. The summed E-state index contributed by atoms with van der Waals surface area (Å²) in [5.74, 6) is -2.04. The van der Waals surface area contributed by atoms with Crippen LogP contribution in [0.15, 0.2) is 49.6 Å². The Morgan fingerprint density at radius 2 is 1.83 bits per heavy atom. The normalized spacial score (nSPS) is 28.4. The lowest BCUT2D eigenvalue weighted by molar-refractivity contribution is -0.155. The number of hydrogen-bond donors (Lipinski definition) is 1. The van der Waals surface area contributed by atoms with E-state index in [1.54, 1.807) is 33.7 Å². The van der Waals surface area contributed by atoms with Gasteiger partial charge in [0.1, 0.15) is 6.04 Å². The zero-order valence-corrected chi connectivity index (χ0v) is 26.4. The van der Waals surface area contributed by atoms with Gasteiger partial charge in [0.15, 0.2) is 0 Å². The summed E-state index contributed by atoms with van der Waals surface area (Å²) in [5, 5.41) is 10.3. The fraction of sp³-hybridized carbons (Fsp3) is 0.606. The number of aliphatic hydroxyl groups is 1. The molecular weight excluding hydrogens is 550 g/mol. The molecule has 3 heterocycles. The zero-order valence-electron chi connectivity index (χ0n) is 25.5. The number of amides is 2. The molecular formula is C33H47N3O5S. The van der Waals surface area contributed by atoms with Gasteiger partial charge in [0.25, 0.3) is 5.91 Å². The maximum absolute atomic E-state index is 14.8. The van der Waals surface area contributed by atoms with Gasteiger partial charge in [-0.3, -0.25) is 14.4 Å². The van der Waals surface area contributed by atoms with Gasteiger partial charge in [-0.15, -0.1) is 24.9 Å². The highest BCUT2D eigenvalue weighted by Gasteiger charge is 2.77. The number of carbonyl (C=O) groups excluding carboxylic acids is 3. The van der Waals surface area contributed by atoms with E-state index in [0.717, 1.165) is 37.3 Å². The molecule has 1 N–H and O–H groups in total. The van der Waals surface area contributed by atoms with E-state index in [4.69, 9.17) is 4.74 Å². The zero-order chi connectivity index (χ0) is 30.6. The van der Waals surface area contributed by atoms with Gasteiger partial charge < -0.3 is 24.5 Å². The molecule has 3 fully saturated rings. The van der Waals surface area contributed by atoms with Crippen LogP contribution in [0.3, 0.4) is 0 Å². The highest BCUT2D eigenvalue weighted by Crippen LogP contribution is 2.69. The first-order valence-electron chi connectivity index (χ1n) is 15.4. The molecule has 7 atom stereocenters. The van der Waals surface area contributed by atoms with E-state index >= 15 is 0 Å². The molecule has 2 amide bonds. The maximum atomic E-state index is 14.8. The number of rotatable bonds is 15. The first kappa shape index (κ1) is 32.1. The number of hydrogen-bond acceptors (Lipinski definition) is 7. The van der Waals surface area contributed by atoms with Crippen molar-refractivity contribution in [3.8, 4) is 0 Å². The number of likely N-dealkylation sites (tertiary alicyclic amines) is 1. The highest BCUT2D eigenvalue weighted by atomic mass is 32.2. The van der Waals surface area contributed by atoms with Crippen LogP contribution in [-0.4, -0.2) is 82.7 Å². The fourth-order valence-corrected chi connectivity index (χ4v) is 9.73. The average molecular weight is 598 g/mol. The second-order valence-corrected chi connectivity index (χ2v) is 13.1. The Kier molecular flexibility index (Phi) is 10.5. The number of nitrogens with zero attached hydrogens (tertiary/aromatic N) is 3. The molecule has 0 aliphatic carbocycles. The first-order valence-corrected chi connectivity index (χ1v) is 16.3. The summed E-state index contributed by atoms with van der Waals surface area (Å²) in [6.07, 6.45) is 6.13. The van der Waals surface area contributed by atoms with Crippen molar-refractivity contribution in [1.82, 2.24) is 4.90 Å². The van der Waals surface area contributed by atoms with Gasteiger partial charge in [-0.1, -0.05) is 26.0 Å². The predicted octanol–water partition coefficient (Wildman–Crippen LogP) is 4.67. The van der Waals surface area contributed by atoms with Crippen LogP contribution >= 0.6 is 11.8 Å². The third kappa shape index (κ3) is 5.39. The van der Waals surface area contributed by atoms with Gasteiger partial charge in [-0.2, -0.15) is 0 Å². The lowest BCUT2D eigenvalue weighted by atomic mass is 9.66. The number of anilines is 2. The van der Waals surface area contributed by atoms with Crippen molar-refractivity contribution >= 4 is 40.9 Å². The quantitative estimate of drug-likeness (QED) is 0.179. The minimum atomic E-state index is -0.821. The number of fused-ring (bicyclic) bond motifs is 1. The van der Waals surface area contributed by atoms with Crippen LogP contribution in [0.1, 0.15) is 53.4 Å². The Labute approximate surface area is 255 Å². The van der Waals surface area contributed by atoms with Gasteiger partial charge >= 0.3 is 5.97 Å². The number of thioether (sulfide) groups is 1. The molecule has 3 aliphatic heterocycles. The first-order chi connectivity index (χ1) is 20.2. The minimum Gasteiger partial charge on any atom is -0.465 e. The van der Waals surface area contributed by atoms with E-state index < -0.39 is 28.7 Å². The van der Waals surface area contributed by atoms with Gasteiger partial charge in [-0.05, 0) is 69.7 Å². The van der Waals surface area contributed by atoms with Crippen molar-refractivity contribution in [3.05, 3.63) is 49.6 Å². The smallest absolute Gasteiger partial charge is 0.310 e. The molecule has 0 aromatic heterocycles. The minimum absolute atomic E-state index is 0.0250. The Hall–Kier alpha value is -2.78. The number of carbonyl (C=O) groups is 3. The number of unbranched alkanes of at least 4 members (excludes halogenated alkanes) is 1. The second kappa shape index (κ2) is 13.7. The predicted molar refractivity (Wildman–Crippen MR) is 170 cm³/mol. The Bertz CT molecular complexity index is 1150. The number of esters is 1. The van der Waals surface area contributed by atoms with Crippen molar-refractivity contribution in [3.63, 3.8) is 0 Å². The third-order valence-corrected chi connectivity index (χ3v) is 11.5. The molecule has 1 aromatic rings. The summed E-state index contributed by atoms with van der Waals surface area (Å²) in [4.78, 5) is 48.2. The van der Waals surface area contributed by atoms with Crippen LogP contribution in [0.4, 0.5) is 11.4 Å². The average Bonchev–Trinajstić information content (AvgIpc) is 3.59. The molecule has 9 heteroatoms. The van der Waals surface area contributed by atoms with E-state index in [1.165, 1.54) is 0 Å². The standard InChI is InChI=1S/C33H47N3O5S/c1-7-12-13-19-41-32(40)27-26-20-22(6)33(42-26)28(27)30(38)36(23(9-3)21-37)29(33)31(39)35(18-8-2)25-16-14-24(15-17-25)34(10-4)11-5/h7-8,14-17,22-23,26-29,37H,1-2,9-13,18-21H2,3-6H3/t22?,23-,26+,27-,28-,29?,33?/m0/s1. The molecule has 8 nitrogen and oxygen atoms in total. The van der Waals surface area contributed by atoms with Crippen LogP contribution in [-0.2, 0) is 19.1 Å². The summed E-state index contributed by atoms with van der Waals surface area (Å²) in [6, 6.07) is 6.58. The summed E-state index contributed by atoms with van der Waals surface area (Å²) < 4.78 is 4.90. The monoisotopic (exact) mass is 597 g/mol. The summed E-state index contributed by atoms with van der Waals surface area (Å²) in [6.45, 7) is 17.9. The summed E-state index contributed by atoms with van der Waals surface area (Å²) in [7, 11) is 0. The number of aliphatic hydroxyl groups excluding tert-OH is 1. The molecule has 0 saturated carbocycles. The van der Waals surface area contributed by atoms with E-state index in [2.05, 4.69) is 38.8 Å². The van der Waals surface area contributed by atoms with Crippen LogP contribution in [0.2, 0.25) is 0 Å². The van der Waals surface area contributed by atoms with Gasteiger partial charge in [0.05, 0.1) is 35.8 Å². The Morgan fingerprint density at radius 3 is 2.40 bits per heavy atom. The van der Waals surface area contributed by atoms with Crippen LogP contribution < -0.4 is 9.80 Å². The molecule has 230 valence electrons. The van der Waals surface area contributed by atoms with Crippen LogP contribution in [0, 0.1) is 17.8 Å². The van der Waals surface area contributed by atoms with E-state index in [-0.39, 0.29) is 48.7 Å². The molecule has 42 heavy (non-hydrogen) atoms. The van der Waals surface area contributed by atoms with E-state index in [0.29, 0.717) is 12.8 Å². The molecule has 4 rings (SSSR count). The van der Waals surface area contributed by atoms with Gasteiger partial charge in [-0.25, -0.2) is 0 Å². The van der Waals surface area contributed by atoms with Crippen molar-refractivity contribution < 1.29 is 24.2 Å². The van der Waals surface area contributed by atoms with Crippen molar-refractivity contribution in [1.29, 1.82) is 0 Å². The molecule has 3 unspecified atom stereocenters. The molecule has 1 spiro atoms. The summed E-state index contributed by atoms with van der Waals surface area (Å²) in [5.41, 5.74) is 1.80. The highest BCUT2D eigenvalue weighted by molar-refractivity contribution is 8.02. The Balaban J connectivity index is 1.74. The number of allylic oxidation sites excluding steroid dienone is 1. The van der Waals surface area contributed by atoms with Gasteiger partial charge in [0.2, 0.25) is 5.91 Å². The van der Waals surface area contributed by atoms with Crippen LogP contribution in [0.5, 0.6) is 0 Å². The second-order valence-electron chi connectivity index (χ2n) is 11.6. The van der Waals surface area contributed by atoms with Crippen molar-refractivity contribution in [2.75, 3.05) is 42.6 Å². The lowest BCUT2D eigenvalue weighted by Crippen LogP contribution is -2.59. The molecule has 3 aliphatic rings. The van der Waals surface area contributed by atoms with Crippen molar-refractivity contribution in [2.24, 2.45) is 17.8 Å². The number of ether oxygens (including phenoxy) is 1. The maximum Gasteiger partial charge on any atom is 0.310 e. The topological polar surface area (TPSA) is 90.4 Å². The molecule has 0 radical (unpaired) electrons. The third-order valence-electron chi connectivity index (χ3n) is 9.43. The molecule has 2 bridgehead atoms. The van der Waals surface area contributed by atoms with Gasteiger partial charge in [0, 0.05) is 36.3 Å². The molecule has 3 saturated heterocycles. The largest absolute Gasteiger partial charge is 0.465 e. The SMILES string of the molecule is C=CCCCOC(=O)[C@@H]1[C@H]2C(=O)N([C@@H](CC)CO)C(C(=O)N(CC=C)c3ccc(N(CC)CC)cc3)C23S[C@@H]1CC3C. The van der Waals surface area contributed by atoms with E-state index in [1.807, 2.05) is 31.2 Å². The van der Waals surface area contributed by atoms with Crippen LogP contribution in [0.25, 0.3) is 0 Å². The number of benzene rings is 1. The van der Waals surface area contributed by atoms with E-state index in [9.17, 15) is 19.5 Å². The molecule has 1 aromatic carbocycles. The van der Waals surface area contributed by atoms with Crippen molar-refractivity contribution in [2.45, 2.75) is 75.5 Å².